The molecule has 0 atom stereocenters. The van der Waals surface area contributed by atoms with Crippen LogP contribution >= 0.6 is 0 Å². The van der Waals surface area contributed by atoms with Crippen molar-refractivity contribution in [2.45, 2.75) is 67.1 Å². The molecule has 1 aromatic carbocycles. The summed E-state index contributed by atoms with van der Waals surface area (Å²) in [6, 6.07) is 4.03. The highest BCUT2D eigenvalue weighted by Crippen LogP contribution is 2.30. The van der Waals surface area contributed by atoms with Crippen LogP contribution in [-0.4, -0.2) is 43.0 Å². The Balaban J connectivity index is 0.000000625. The molecule has 178 valence electrons. The van der Waals surface area contributed by atoms with Gasteiger partial charge in [0.05, 0.1) is 5.56 Å². The Kier molecular flexibility index (Phi) is 14.4. The summed E-state index contributed by atoms with van der Waals surface area (Å²) in [5.41, 5.74) is 2.41. The largest absolute Gasteiger partial charge is 0.416 e. The number of piperazine rings is 1. The van der Waals surface area contributed by atoms with Crippen LogP contribution in [0, 0.1) is 6.92 Å². The normalized spacial score (nSPS) is 17.0. The van der Waals surface area contributed by atoms with Gasteiger partial charge in [0.25, 0.3) is 0 Å². The fourth-order valence-corrected chi connectivity index (χ4v) is 3.01. The third-order valence-corrected chi connectivity index (χ3v) is 4.97. The molecular weight excluding hydrogens is 404 g/mol. The van der Waals surface area contributed by atoms with Crippen molar-refractivity contribution in [1.29, 1.82) is 0 Å². The number of alkyl halides is 3. The van der Waals surface area contributed by atoms with Gasteiger partial charge < -0.3 is 4.90 Å². The Morgan fingerprint density at radius 3 is 1.87 bits per heavy atom. The smallest absolute Gasteiger partial charge is 0.304 e. The lowest BCUT2D eigenvalue weighted by molar-refractivity contribution is -0.137. The number of halogens is 4. The Labute approximate surface area is 186 Å². The zero-order chi connectivity index (χ0) is 24.0. The van der Waals surface area contributed by atoms with Gasteiger partial charge in [0, 0.05) is 39.1 Å². The molecule has 2 aliphatic rings. The van der Waals surface area contributed by atoms with Gasteiger partial charge in [0.15, 0.2) is 0 Å². The van der Waals surface area contributed by atoms with E-state index in [1.54, 1.807) is 19.1 Å². The predicted molar refractivity (Wildman–Crippen MR) is 124 cm³/mol. The summed E-state index contributed by atoms with van der Waals surface area (Å²) in [5, 5.41) is 0. The van der Waals surface area contributed by atoms with Crippen molar-refractivity contribution in [2.75, 3.05) is 33.2 Å². The minimum atomic E-state index is -4.25. The molecule has 1 aliphatic carbocycles. The van der Waals surface area contributed by atoms with Crippen LogP contribution in [0.25, 0.3) is 0 Å². The highest BCUT2D eigenvalue weighted by Gasteiger charge is 2.30. The number of nitrogens with zero attached hydrogens (tertiary/aromatic N) is 2. The van der Waals surface area contributed by atoms with Crippen molar-refractivity contribution in [3.63, 3.8) is 0 Å². The lowest BCUT2D eigenvalue weighted by Crippen LogP contribution is -2.43. The minimum absolute atomic E-state index is 0.00981. The maximum Gasteiger partial charge on any atom is 0.416 e. The van der Waals surface area contributed by atoms with Gasteiger partial charge in [0.1, 0.15) is 5.83 Å². The molecule has 0 amide bonds. The fourth-order valence-electron chi connectivity index (χ4n) is 3.01. The first-order valence-corrected chi connectivity index (χ1v) is 11.2. The second-order valence-corrected chi connectivity index (χ2v) is 7.34. The number of hydrogen-bond acceptors (Lipinski definition) is 2. The number of likely N-dealkylation sites (N-methyl/N-ethyl adjacent to an activating group) is 1. The minimum Gasteiger partial charge on any atom is -0.304 e. The quantitative estimate of drug-likeness (QED) is 0.439. The summed E-state index contributed by atoms with van der Waals surface area (Å²) in [7, 11) is 2.08. The van der Waals surface area contributed by atoms with E-state index in [-0.39, 0.29) is 5.83 Å². The molecular formula is C25H40F4N2. The van der Waals surface area contributed by atoms with Gasteiger partial charge >= 0.3 is 6.18 Å². The third-order valence-electron chi connectivity index (χ3n) is 4.97. The van der Waals surface area contributed by atoms with Gasteiger partial charge in [-0.1, -0.05) is 45.4 Å². The van der Waals surface area contributed by atoms with E-state index in [4.69, 9.17) is 0 Å². The molecule has 1 heterocycles. The maximum absolute atomic E-state index is 12.6. The summed E-state index contributed by atoms with van der Waals surface area (Å²) in [6.45, 7) is 16.5. The highest BCUT2D eigenvalue weighted by atomic mass is 19.4. The molecule has 3 rings (SSSR count). The Bertz CT molecular complexity index is 667. The number of benzene rings is 1. The van der Waals surface area contributed by atoms with Crippen LogP contribution in [0.4, 0.5) is 17.6 Å². The first-order valence-electron chi connectivity index (χ1n) is 11.2. The van der Waals surface area contributed by atoms with Crippen LogP contribution in [0.15, 0.2) is 41.8 Å². The number of rotatable bonds is 2. The summed E-state index contributed by atoms with van der Waals surface area (Å²) >= 11 is 0. The molecule has 0 bridgehead atoms. The lowest BCUT2D eigenvalue weighted by atomic mass is 10.0. The van der Waals surface area contributed by atoms with Gasteiger partial charge in [0.2, 0.25) is 0 Å². The monoisotopic (exact) mass is 444 g/mol. The molecule has 2 nitrogen and oxygen atoms in total. The standard InChI is InChI=1S/C14H19F3N2.C7H9F.2C2H6/c1-11-9-13(14(15,16)17)4-3-12(11)10-19-7-5-18(2)6-8-19;1-6-2-4-7(8)5-3-6;2*1-2/h3-4,9H,5-8,10H2,1-2H3;2,4H,3,5H2,1H3;2*1-2H3. The van der Waals surface area contributed by atoms with Crippen molar-refractivity contribution in [1.82, 2.24) is 9.80 Å². The van der Waals surface area contributed by atoms with Crippen molar-refractivity contribution in [3.05, 3.63) is 58.4 Å². The molecule has 0 unspecified atom stereocenters. The zero-order valence-electron chi connectivity index (χ0n) is 20.2. The van der Waals surface area contributed by atoms with E-state index in [1.807, 2.05) is 40.7 Å². The SMILES string of the molecule is CC.CC.CC1=CC=C(F)CC1.Cc1cc(C(F)(F)F)ccc1CN1CCN(C)CC1. The highest BCUT2D eigenvalue weighted by molar-refractivity contribution is 5.32. The van der Waals surface area contributed by atoms with Gasteiger partial charge in [-0.15, -0.1) is 0 Å². The molecule has 0 N–H and O–H groups in total. The summed E-state index contributed by atoms with van der Waals surface area (Å²) < 4.78 is 49.9. The number of aryl methyl sites for hydroxylation is 1. The summed E-state index contributed by atoms with van der Waals surface area (Å²) in [6.07, 6.45) is 0.611. The molecule has 0 aromatic heterocycles. The van der Waals surface area contributed by atoms with E-state index in [1.165, 1.54) is 17.7 Å². The topological polar surface area (TPSA) is 6.48 Å². The van der Waals surface area contributed by atoms with Crippen molar-refractivity contribution in [3.8, 4) is 0 Å². The second-order valence-electron chi connectivity index (χ2n) is 7.34. The van der Waals surface area contributed by atoms with Gasteiger partial charge in [-0.3, -0.25) is 4.90 Å². The molecule has 0 radical (unpaired) electrons. The van der Waals surface area contributed by atoms with Crippen LogP contribution in [0.3, 0.4) is 0 Å². The zero-order valence-corrected chi connectivity index (χ0v) is 20.2. The molecule has 1 saturated heterocycles. The Morgan fingerprint density at radius 2 is 1.45 bits per heavy atom. The molecule has 1 aromatic rings. The van der Waals surface area contributed by atoms with Crippen molar-refractivity contribution < 1.29 is 17.6 Å². The molecule has 1 aliphatic heterocycles. The molecule has 0 saturated carbocycles. The van der Waals surface area contributed by atoms with Crippen LogP contribution < -0.4 is 0 Å². The number of allylic oxidation sites excluding steroid dienone is 4. The van der Waals surface area contributed by atoms with Crippen LogP contribution in [0.2, 0.25) is 0 Å². The van der Waals surface area contributed by atoms with Crippen LogP contribution in [-0.2, 0) is 12.7 Å². The Hall–Kier alpha value is -1.66. The van der Waals surface area contributed by atoms with E-state index >= 15 is 0 Å². The van der Waals surface area contributed by atoms with Crippen LogP contribution in [0.1, 0.15) is 64.2 Å². The first kappa shape index (κ1) is 29.3. The number of hydrogen-bond donors (Lipinski definition) is 0. The average Bonchev–Trinajstić information content (AvgIpc) is 2.76. The van der Waals surface area contributed by atoms with Gasteiger partial charge in [-0.05, 0) is 56.7 Å². The molecule has 31 heavy (non-hydrogen) atoms. The summed E-state index contributed by atoms with van der Waals surface area (Å²) in [4.78, 5) is 4.55. The van der Waals surface area contributed by atoms with E-state index in [0.717, 1.165) is 44.7 Å². The van der Waals surface area contributed by atoms with E-state index in [0.29, 0.717) is 12.0 Å². The average molecular weight is 445 g/mol. The summed E-state index contributed by atoms with van der Waals surface area (Å²) in [5.74, 6) is 0.00981. The molecule has 1 fully saturated rings. The fraction of sp³-hybridized carbons (Fsp3) is 0.600. The van der Waals surface area contributed by atoms with E-state index in [9.17, 15) is 17.6 Å². The van der Waals surface area contributed by atoms with E-state index in [2.05, 4.69) is 16.8 Å². The van der Waals surface area contributed by atoms with Gasteiger partial charge in [-0.25, -0.2) is 4.39 Å². The lowest BCUT2D eigenvalue weighted by Gasteiger charge is -2.32. The van der Waals surface area contributed by atoms with Crippen molar-refractivity contribution in [2.24, 2.45) is 0 Å². The Morgan fingerprint density at radius 1 is 0.871 bits per heavy atom. The third kappa shape index (κ3) is 11.5. The maximum atomic E-state index is 12.6. The molecule has 0 spiro atoms. The first-order chi connectivity index (χ1) is 14.6. The van der Waals surface area contributed by atoms with Crippen molar-refractivity contribution >= 4 is 0 Å². The molecule has 6 heteroatoms. The predicted octanol–water partition coefficient (Wildman–Crippen LogP) is 7.39. The van der Waals surface area contributed by atoms with E-state index < -0.39 is 11.7 Å². The van der Waals surface area contributed by atoms with Gasteiger partial charge in [-0.2, -0.15) is 13.2 Å². The second kappa shape index (κ2) is 15.2. The van der Waals surface area contributed by atoms with Crippen LogP contribution in [0.5, 0.6) is 0 Å².